The zero-order valence-electron chi connectivity index (χ0n) is 9.03. The summed E-state index contributed by atoms with van der Waals surface area (Å²) in [6.07, 6.45) is 3.64. The van der Waals surface area contributed by atoms with Gasteiger partial charge in [-0.2, -0.15) is 0 Å². The fraction of sp³-hybridized carbons (Fsp3) is 0.417. The number of H-pyrrole nitrogens is 1. The minimum atomic E-state index is -0.802. The summed E-state index contributed by atoms with van der Waals surface area (Å²) in [4.78, 5) is 7.61. The lowest BCUT2D eigenvalue weighted by Gasteiger charge is -2.32. The minimum Gasteiger partial charge on any atom is -0.382 e. The Balaban J connectivity index is 2.03. The highest BCUT2D eigenvalue weighted by Gasteiger charge is 2.32. The molecule has 1 fully saturated rings. The monoisotopic (exact) mass is 217 g/mol. The summed E-state index contributed by atoms with van der Waals surface area (Å²) in [5, 5.41) is 13.7. The summed E-state index contributed by atoms with van der Waals surface area (Å²) in [5.74, 6) is 0. The lowest BCUT2D eigenvalue weighted by atomic mass is 9.90. The molecular formula is C12H15N3O. The number of hydrogen-bond acceptors (Lipinski definition) is 3. The Morgan fingerprint density at radius 3 is 3.06 bits per heavy atom. The summed E-state index contributed by atoms with van der Waals surface area (Å²) in [6, 6.07) is 5.81. The van der Waals surface area contributed by atoms with Crippen LogP contribution in [-0.2, 0) is 5.60 Å². The Hall–Kier alpha value is -1.39. The maximum absolute atomic E-state index is 10.5. The van der Waals surface area contributed by atoms with Gasteiger partial charge in [0.2, 0.25) is 0 Å². The molecule has 0 amide bonds. The van der Waals surface area contributed by atoms with Gasteiger partial charge in [-0.25, -0.2) is 4.98 Å². The molecule has 4 heteroatoms. The third kappa shape index (κ3) is 1.50. The zero-order valence-corrected chi connectivity index (χ0v) is 9.03. The van der Waals surface area contributed by atoms with Gasteiger partial charge in [-0.1, -0.05) is 0 Å². The van der Waals surface area contributed by atoms with E-state index in [1.54, 1.807) is 0 Å². The molecule has 0 radical (unpaired) electrons. The average Bonchev–Trinajstić information content (AvgIpc) is 2.77. The smallest absolute Gasteiger partial charge is 0.119 e. The van der Waals surface area contributed by atoms with E-state index in [0.29, 0.717) is 6.54 Å². The van der Waals surface area contributed by atoms with E-state index < -0.39 is 5.60 Å². The molecule has 0 aliphatic carbocycles. The molecule has 3 rings (SSSR count). The van der Waals surface area contributed by atoms with Crippen LogP contribution in [0.2, 0.25) is 0 Å². The van der Waals surface area contributed by atoms with E-state index in [1.165, 1.54) is 0 Å². The number of nitrogens with one attached hydrogen (secondary N) is 2. The van der Waals surface area contributed by atoms with Crippen molar-refractivity contribution in [2.45, 2.75) is 18.4 Å². The van der Waals surface area contributed by atoms with Gasteiger partial charge in [0.25, 0.3) is 0 Å². The predicted octanol–water partition coefficient (Wildman–Crippen LogP) is 1.13. The molecule has 0 unspecified atom stereocenters. The normalized spacial score (nSPS) is 26.1. The van der Waals surface area contributed by atoms with Crippen LogP contribution < -0.4 is 5.32 Å². The average molecular weight is 217 g/mol. The molecule has 0 bridgehead atoms. The summed E-state index contributed by atoms with van der Waals surface area (Å²) in [7, 11) is 0. The van der Waals surface area contributed by atoms with Crippen LogP contribution in [0.5, 0.6) is 0 Å². The third-order valence-electron chi connectivity index (χ3n) is 3.24. The lowest BCUT2D eigenvalue weighted by Crippen LogP contribution is -2.43. The van der Waals surface area contributed by atoms with Crippen molar-refractivity contribution in [2.24, 2.45) is 0 Å². The van der Waals surface area contributed by atoms with Crippen molar-refractivity contribution in [2.75, 3.05) is 13.1 Å². The number of aliphatic hydroxyl groups is 1. The molecule has 1 aliphatic heterocycles. The first kappa shape index (κ1) is 9.81. The van der Waals surface area contributed by atoms with E-state index in [9.17, 15) is 5.11 Å². The molecule has 84 valence electrons. The first-order chi connectivity index (χ1) is 7.78. The predicted molar refractivity (Wildman–Crippen MR) is 62.1 cm³/mol. The Morgan fingerprint density at radius 2 is 2.25 bits per heavy atom. The van der Waals surface area contributed by atoms with Crippen molar-refractivity contribution < 1.29 is 5.11 Å². The molecule has 3 N–H and O–H groups in total. The van der Waals surface area contributed by atoms with Gasteiger partial charge in [0.15, 0.2) is 0 Å². The van der Waals surface area contributed by atoms with Crippen molar-refractivity contribution in [1.82, 2.24) is 15.3 Å². The Morgan fingerprint density at radius 1 is 1.31 bits per heavy atom. The molecule has 0 spiro atoms. The molecule has 3 heterocycles. The first-order valence-corrected chi connectivity index (χ1v) is 5.66. The number of aromatic nitrogens is 2. The second-order valence-electron chi connectivity index (χ2n) is 4.42. The van der Waals surface area contributed by atoms with E-state index >= 15 is 0 Å². The molecule has 4 nitrogen and oxygen atoms in total. The summed E-state index contributed by atoms with van der Waals surface area (Å²) in [6.45, 7) is 1.57. The number of piperidine rings is 1. The molecule has 2 aromatic rings. The molecule has 1 aliphatic rings. The fourth-order valence-corrected chi connectivity index (χ4v) is 2.30. The lowest BCUT2D eigenvalue weighted by molar-refractivity contribution is 0.00853. The number of aromatic amines is 1. The van der Waals surface area contributed by atoms with Gasteiger partial charge >= 0.3 is 0 Å². The van der Waals surface area contributed by atoms with Gasteiger partial charge in [-0.3, -0.25) is 0 Å². The van der Waals surface area contributed by atoms with Crippen LogP contribution in [0, 0.1) is 0 Å². The van der Waals surface area contributed by atoms with E-state index in [0.717, 1.165) is 36.1 Å². The molecule has 1 atom stereocenters. The summed E-state index contributed by atoms with van der Waals surface area (Å²) < 4.78 is 0. The third-order valence-corrected chi connectivity index (χ3v) is 3.24. The van der Waals surface area contributed by atoms with Crippen LogP contribution in [-0.4, -0.2) is 28.2 Å². The summed E-state index contributed by atoms with van der Waals surface area (Å²) >= 11 is 0. The van der Waals surface area contributed by atoms with Crippen LogP contribution in [0.25, 0.3) is 11.0 Å². The largest absolute Gasteiger partial charge is 0.382 e. The number of rotatable bonds is 1. The van der Waals surface area contributed by atoms with Gasteiger partial charge in [-0.05, 0) is 37.6 Å². The van der Waals surface area contributed by atoms with E-state index in [-0.39, 0.29) is 0 Å². The second-order valence-corrected chi connectivity index (χ2v) is 4.42. The maximum atomic E-state index is 10.5. The van der Waals surface area contributed by atoms with Crippen LogP contribution in [0.4, 0.5) is 0 Å². The number of hydrogen-bond donors (Lipinski definition) is 3. The number of nitrogens with zero attached hydrogens (tertiary/aromatic N) is 1. The Labute approximate surface area is 93.7 Å². The standard InChI is InChI=1S/C12H15N3O/c16-12(5-1-6-13-8-12)11-3-2-9-10(15-11)4-7-14-9/h2-4,7,13-14,16H,1,5-6,8H2/t12-/m1/s1. The molecular weight excluding hydrogens is 202 g/mol. The maximum Gasteiger partial charge on any atom is 0.119 e. The number of pyridine rings is 1. The SMILES string of the molecule is O[C@]1(c2ccc3[nH]ccc3n2)CCCNC1. The Bertz CT molecular complexity index is 500. The number of fused-ring (bicyclic) bond motifs is 1. The highest BCUT2D eigenvalue weighted by Crippen LogP contribution is 2.27. The van der Waals surface area contributed by atoms with Crippen LogP contribution in [0.1, 0.15) is 18.5 Å². The minimum absolute atomic E-state index is 0.593. The van der Waals surface area contributed by atoms with E-state index in [2.05, 4.69) is 15.3 Å². The quantitative estimate of drug-likeness (QED) is 0.671. The van der Waals surface area contributed by atoms with Gasteiger partial charge in [-0.15, -0.1) is 0 Å². The Kier molecular flexibility index (Phi) is 2.19. The van der Waals surface area contributed by atoms with Crippen LogP contribution >= 0.6 is 0 Å². The first-order valence-electron chi connectivity index (χ1n) is 5.66. The van der Waals surface area contributed by atoms with Gasteiger partial charge in [0.1, 0.15) is 5.60 Å². The van der Waals surface area contributed by atoms with Crippen LogP contribution in [0.15, 0.2) is 24.4 Å². The molecule has 16 heavy (non-hydrogen) atoms. The number of β-amino-alcohol motifs (C(OH)–C–C–N with tert-alkyl or cyclic N) is 1. The van der Waals surface area contributed by atoms with Crippen LogP contribution in [0.3, 0.4) is 0 Å². The summed E-state index contributed by atoms with van der Waals surface area (Å²) in [5.41, 5.74) is 1.89. The van der Waals surface area contributed by atoms with Gasteiger partial charge < -0.3 is 15.4 Å². The molecule has 0 aromatic carbocycles. The highest BCUT2D eigenvalue weighted by molar-refractivity contribution is 5.74. The highest BCUT2D eigenvalue weighted by atomic mass is 16.3. The zero-order chi connectivity index (χ0) is 11.0. The van der Waals surface area contributed by atoms with Gasteiger partial charge in [0.05, 0.1) is 16.7 Å². The van der Waals surface area contributed by atoms with Crippen molar-refractivity contribution in [3.05, 3.63) is 30.1 Å². The van der Waals surface area contributed by atoms with Crippen molar-refractivity contribution in [3.63, 3.8) is 0 Å². The van der Waals surface area contributed by atoms with Crippen molar-refractivity contribution in [1.29, 1.82) is 0 Å². The van der Waals surface area contributed by atoms with Gasteiger partial charge in [0, 0.05) is 12.7 Å². The molecule has 0 saturated carbocycles. The second kappa shape index (κ2) is 3.57. The topological polar surface area (TPSA) is 60.9 Å². The van der Waals surface area contributed by atoms with E-state index in [4.69, 9.17) is 0 Å². The molecule has 1 saturated heterocycles. The van der Waals surface area contributed by atoms with Crippen molar-refractivity contribution in [3.8, 4) is 0 Å². The van der Waals surface area contributed by atoms with E-state index in [1.807, 2.05) is 24.4 Å². The molecule has 2 aromatic heterocycles. The van der Waals surface area contributed by atoms with Crippen molar-refractivity contribution >= 4 is 11.0 Å². The fourth-order valence-electron chi connectivity index (χ4n) is 2.30.